The van der Waals surface area contributed by atoms with Crippen molar-refractivity contribution in [3.63, 3.8) is 0 Å². The van der Waals surface area contributed by atoms with Crippen LogP contribution in [0.5, 0.6) is 0 Å². The Balaban J connectivity index is 1.35. The zero-order chi connectivity index (χ0) is 29.3. The summed E-state index contributed by atoms with van der Waals surface area (Å²) in [6.45, 7) is 9.02. The molecule has 0 aliphatic heterocycles. The van der Waals surface area contributed by atoms with Crippen LogP contribution in [-0.2, 0) is 4.79 Å². The number of carbonyl (C=O) groups excluding carboxylic acids is 1. The minimum Gasteiger partial charge on any atom is -0.392 e. The second-order valence-corrected chi connectivity index (χ2v) is 16.0. The second kappa shape index (κ2) is 10.9. The van der Waals surface area contributed by atoms with Gasteiger partial charge in [-0.3, -0.25) is 4.79 Å². The highest BCUT2D eigenvalue weighted by Gasteiger charge is 2.70. The van der Waals surface area contributed by atoms with Gasteiger partial charge in [0.2, 0.25) is 0 Å². The average molecular weight is 569 g/mol. The first-order chi connectivity index (χ1) is 19.4. The lowest BCUT2D eigenvalue weighted by Crippen LogP contribution is -2.64. The summed E-state index contributed by atoms with van der Waals surface area (Å²) in [5.74, 6) is 0.896. The Hall–Kier alpha value is -1.01. The van der Waals surface area contributed by atoms with E-state index in [9.17, 15) is 25.2 Å². The SMILES string of the molecule is CC(C)C(CC(O)C1CCCCC2CC3C(=CC(=O)C4CC(O)C(O)CC43C)C3(O)CCC1C23C)=C1CCCCC1. The predicted molar refractivity (Wildman–Crippen MR) is 161 cm³/mol. The van der Waals surface area contributed by atoms with Gasteiger partial charge in [-0.25, -0.2) is 0 Å². The fraction of sp³-hybridized carbons (Fsp3) is 0.861. The van der Waals surface area contributed by atoms with Crippen LogP contribution in [0.25, 0.3) is 0 Å². The van der Waals surface area contributed by atoms with Crippen molar-refractivity contribution in [2.24, 2.45) is 46.3 Å². The molecule has 5 nitrogen and oxygen atoms in total. The predicted octanol–water partition coefficient (Wildman–Crippen LogP) is 6.28. The van der Waals surface area contributed by atoms with Gasteiger partial charge in [-0.05, 0) is 124 Å². The highest BCUT2D eigenvalue weighted by molar-refractivity contribution is 5.95. The smallest absolute Gasteiger partial charge is 0.159 e. The van der Waals surface area contributed by atoms with E-state index in [1.54, 1.807) is 11.6 Å². The third-order valence-electron chi connectivity index (χ3n) is 13.9. The molecule has 11 unspecified atom stereocenters. The summed E-state index contributed by atoms with van der Waals surface area (Å²) in [5, 5.41) is 46.1. The van der Waals surface area contributed by atoms with Crippen molar-refractivity contribution >= 4 is 5.78 Å². The number of hydrogen-bond acceptors (Lipinski definition) is 5. The van der Waals surface area contributed by atoms with E-state index in [2.05, 4.69) is 27.7 Å². The lowest BCUT2D eigenvalue weighted by Gasteiger charge is -2.63. The minimum atomic E-state index is -1.06. The van der Waals surface area contributed by atoms with Gasteiger partial charge < -0.3 is 20.4 Å². The fourth-order valence-electron chi connectivity index (χ4n) is 11.6. The summed E-state index contributed by atoms with van der Waals surface area (Å²) in [7, 11) is 0. The molecule has 6 aliphatic carbocycles. The second-order valence-electron chi connectivity index (χ2n) is 16.0. The fourth-order valence-corrected chi connectivity index (χ4v) is 11.6. The van der Waals surface area contributed by atoms with Crippen LogP contribution in [0.2, 0.25) is 0 Å². The monoisotopic (exact) mass is 568 g/mol. The molecule has 41 heavy (non-hydrogen) atoms. The van der Waals surface area contributed by atoms with E-state index in [1.165, 1.54) is 37.7 Å². The summed E-state index contributed by atoms with van der Waals surface area (Å²) < 4.78 is 0. The van der Waals surface area contributed by atoms with E-state index in [0.717, 1.165) is 50.5 Å². The van der Waals surface area contributed by atoms with Crippen molar-refractivity contribution in [1.29, 1.82) is 0 Å². The first kappa shape index (κ1) is 30.0. The van der Waals surface area contributed by atoms with Gasteiger partial charge in [0.25, 0.3) is 0 Å². The van der Waals surface area contributed by atoms with Crippen LogP contribution in [0, 0.1) is 46.3 Å². The molecule has 6 rings (SSSR count). The lowest BCUT2D eigenvalue weighted by atomic mass is 9.42. The van der Waals surface area contributed by atoms with Crippen molar-refractivity contribution in [2.75, 3.05) is 0 Å². The van der Waals surface area contributed by atoms with Crippen LogP contribution in [-0.4, -0.2) is 50.1 Å². The van der Waals surface area contributed by atoms with Crippen molar-refractivity contribution in [2.45, 2.75) is 148 Å². The van der Waals surface area contributed by atoms with Crippen molar-refractivity contribution in [3.8, 4) is 0 Å². The van der Waals surface area contributed by atoms with E-state index in [4.69, 9.17) is 0 Å². The molecule has 5 saturated carbocycles. The number of allylic oxidation sites excluding steroid dienone is 2. The number of aliphatic hydroxyl groups excluding tert-OH is 3. The lowest BCUT2D eigenvalue weighted by molar-refractivity contribution is -0.171. The number of carbonyl (C=O) groups is 1. The topological polar surface area (TPSA) is 98.0 Å². The standard InChI is InChI=1S/C36H56O5/c1-21(2)25(22-10-6-5-7-11-22)17-30(37)24-13-9-8-12-23-16-27-28(36(41)15-14-26(24)35(23,36)4)18-31(38)29-19-32(39)33(40)20-34(27,29)3/h18,21,23-24,26-27,29-30,32-33,37,39-41H,5-17,19-20H2,1-4H3. The number of aliphatic hydroxyl groups is 4. The zero-order valence-corrected chi connectivity index (χ0v) is 26.1. The Morgan fingerprint density at radius 3 is 2.37 bits per heavy atom. The van der Waals surface area contributed by atoms with Crippen LogP contribution in [0.15, 0.2) is 22.8 Å². The van der Waals surface area contributed by atoms with Crippen molar-refractivity contribution in [3.05, 3.63) is 22.8 Å². The van der Waals surface area contributed by atoms with Gasteiger partial charge in [0.1, 0.15) is 0 Å². The Morgan fingerprint density at radius 1 is 0.951 bits per heavy atom. The van der Waals surface area contributed by atoms with Crippen LogP contribution in [0.1, 0.15) is 124 Å². The summed E-state index contributed by atoms with van der Waals surface area (Å²) >= 11 is 0. The van der Waals surface area contributed by atoms with Crippen molar-refractivity contribution in [1.82, 2.24) is 0 Å². The Kier molecular flexibility index (Phi) is 7.95. The van der Waals surface area contributed by atoms with Crippen LogP contribution >= 0.6 is 0 Å². The van der Waals surface area contributed by atoms with Crippen LogP contribution in [0.3, 0.4) is 0 Å². The maximum absolute atomic E-state index is 13.6. The highest BCUT2D eigenvalue weighted by Crippen LogP contribution is 2.71. The Morgan fingerprint density at radius 2 is 1.66 bits per heavy atom. The van der Waals surface area contributed by atoms with E-state index in [-0.39, 0.29) is 34.9 Å². The molecule has 230 valence electrons. The highest BCUT2D eigenvalue weighted by atomic mass is 16.3. The van der Waals surface area contributed by atoms with Crippen LogP contribution in [0.4, 0.5) is 0 Å². The number of rotatable bonds is 4. The summed E-state index contributed by atoms with van der Waals surface area (Å²) in [4.78, 5) is 13.6. The van der Waals surface area contributed by atoms with Gasteiger partial charge >= 0.3 is 0 Å². The Bertz CT molecular complexity index is 1080. The molecule has 0 aromatic carbocycles. The molecule has 0 aromatic heterocycles. The third kappa shape index (κ3) is 4.57. The molecule has 5 heteroatoms. The van der Waals surface area contributed by atoms with Gasteiger partial charge in [-0.15, -0.1) is 0 Å². The molecule has 0 radical (unpaired) electrons. The van der Waals surface area contributed by atoms with Crippen molar-refractivity contribution < 1.29 is 25.2 Å². The molecular weight excluding hydrogens is 512 g/mol. The van der Waals surface area contributed by atoms with Gasteiger partial charge in [0.15, 0.2) is 5.78 Å². The molecule has 0 saturated heterocycles. The van der Waals surface area contributed by atoms with E-state index >= 15 is 0 Å². The molecule has 0 spiro atoms. The van der Waals surface area contributed by atoms with E-state index in [1.807, 2.05) is 0 Å². The maximum atomic E-state index is 13.6. The average Bonchev–Trinajstić information content (AvgIpc) is 3.20. The van der Waals surface area contributed by atoms with Gasteiger partial charge in [0, 0.05) is 11.3 Å². The molecule has 4 N–H and O–H groups in total. The number of ketones is 1. The van der Waals surface area contributed by atoms with E-state index < -0.39 is 29.3 Å². The summed E-state index contributed by atoms with van der Waals surface area (Å²) in [6, 6.07) is 0. The van der Waals surface area contributed by atoms with Gasteiger partial charge in [-0.1, -0.05) is 58.1 Å². The molecule has 0 amide bonds. The van der Waals surface area contributed by atoms with E-state index in [0.29, 0.717) is 31.1 Å². The quantitative estimate of drug-likeness (QED) is 0.300. The molecule has 11 atom stereocenters. The van der Waals surface area contributed by atoms with Gasteiger partial charge in [-0.2, -0.15) is 0 Å². The molecule has 0 heterocycles. The van der Waals surface area contributed by atoms with Gasteiger partial charge in [0.05, 0.1) is 23.9 Å². The first-order valence-electron chi connectivity index (χ1n) is 17.1. The van der Waals surface area contributed by atoms with Crippen LogP contribution < -0.4 is 0 Å². The zero-order valence-electron chi connectivity index (χ0n) is 26.1. The maximum Gasteiger partial charge on any atom is 0.159 e. The normalized spacial score (nSPS) is 47.0. The number of fused-ring (bicyclic) bond motifs is 4. The first-order valence-corrected chi connectivity index (χ1v) is 17.1. The molecule has 6 aliphatic rings. The Labute approximate surface area is 247 Å². The molecule has 0 aromatic rings. The largest absolute Gasteiger partial charge is 0.392 e. The minimum absolute atomic E-state index is 0.0201. The third-order valence-corrected chi connectivity index (χ3v) is 13.9. The molecule has 5 fully saturated rings. The number of hydrogen-bond donors (Lipinski definition) is 4. The molecule has 0 bridgehead atoms. The summed E-state index contributed by atoms with van der Waals surface area (Å²) in [6.07, 6.45) is 14.2. The summed E-state index contributed by atoms with van der Waals surface area (Å²) in [5.41, 5.74) is 2.09. The molecular formula is C36H56O5.